The summed E-state index contributed by atoms with van der Waals surface area (Å²) in [7, 11) is 0. The van der Waals surface area contributed by atoms with Gasteiger partial charge in [0.25, 0.3) is 0 Å². The third-order valence-electron chi connectivity index (χ3n) is 3.35. The van der Waals surface area contributed by atoms with Crippen LogP contribution in [0.1, 0.15) is 16.1 Å². The van der Waals surface area contributed by atoms with Crippen molar-refractivity contribution in [3.63, 3.8) is 0 Å². The number of H-pyrrole nitrogens is 1. The smallest absolute Gasteiger partial charge is 0.209 e. The largest absolute Gasteiger partial charge is 0.378 e. The molecule has 1 aliphatic heterocycles. The normalized spacial score (nSPS) is 15.5. The van der Waals surface area contributed by atoms with Gasteiger partial charge in [0.05, 0.1) is 18.9 Å². The van der Waals surface area contributed by atoms with Gasteiger partial charge in [-0.05, 0) is 36.4 Å². The minimum Gasteiger partial charge on any atom is -0.378 e. The van der Waals surface area contributed by atoms with E-state index >= 15 is 0 Å². The molecule has 0 radical (unpaired) electrons. The summed E-state index contributed by atoms with van der Waals surface area (Å²) in [6.45, 7) is 3.35. The molecule has 1 fully saturated rings. The molecule has 1 saturated heterocycles. The highest BCUT2D eigenvalue weighted by atomic mass is 16.5. The molecule has 1 N–H and O–H groups in total. The number of nitrogens with one attached hydrogen (secondary N) is 1. The minimum absolute atomic E-state index is 0.0264. The molecule has 4 heteroatoms. The van der Waals surface area contributed by atoms with Crippen LogP contribution < -0.4 is 4.90 Å². The van der Waals surface area contributed by atoms with Crippen LogP contribution in [-0.4, -0.2) is 37.1 Å². The first-order valence-corrected chi connectivity index (χ1v) is 6.45. The van der Waals surface area contributed by atoms with Crippen LogP contribution >= 0.6 is 0 Å². The number of benzene rings is 1. The lowest BCUT2D eigenvalue weighted by atomic mass is 10.1. The average molecular weight is 256 g/mol. The quantitative estimate of drug-likeness (QED) is 0.855. The maximum Gasteiger partial charge on any atom is 0.209 e. The highest BCUT2D eigenvalue weighted by Crippen LogP contribution is 2.18. The van der Waals surface area contributed by atoms with Gasteiger partial charge in [-0.3, -0.25) is 4.79 Å². The number of anilines is 1. The molecule has 1 aliphatic rings. The summed E-state index contributed by atoms with van der Waals surface area (Å²) in [5.41, 5.74) is 2.48. The number of aromatic nitrogens is 1. The zero-order valence-electron chi connectivity index (χ0n) is 10.6. The van der Waals surface area contributed by atoms with Crippen molar-refractivity contribution < 1.29 is 9.53 Å². The SMILES string of the molecule is O=C(c1ccc(N2CCOCC2)cc1)c1ccc[nH]1. The molecule has 0 unspecified atom stereocenters. The van der Waals surface area contributed by atoms with Crippen molar-refractivity contribution in [1.82, 2.24) is 4.98 Å². The van der Waals surface area contributed by atoms with Crippen molar-refractivity contribution in [2.45, 2.75) is 0 Å². The van der Waals surface area contributed by atoms with Gasteiger partial charge in [-0.25, -0.2) is 0 Å². The molecular weight excluding hydrogens is 240 g/mol. The monoisotopic (exact) mass is 256 g/mol. The standard InChI is InChI=1S/C15H16N2O2/c18-15(14-2-1-7-16-14)12-3-5-13(6-4-12)17-8-10-19-11-9-17/h1-7,16H,8-11H2. The molecule has 19 heavy (non-hydrogen) atoms. The molecule has 1 aromatic heterocycles. The van der Waals surface area contributed by atoms with Gasteiger partial charge in [0.1, 0.15) is 0 Å². The summed E-state index contributed by atoms with van der Waals surface area (Å²) < 4.78 is 5.33. The number of morpholine rings is 1. The van der Waals surface area contributed by atoms with E-state index in [0.717, 1.165) is 32.0 Å². The molecule has 0 saturated carbocycles. The van der Waals surface area contributed by atoms with E-state index in [1.807, 2.05) is 30.3 Å². The molecule has 98 valence electrons. The fraction of sp³-hybridized carbons (Fsp3) is 0.267. The Morgan fingerprint density at radius 3 is 2.47 bits per heavy atom. The fourth-order valence-corrected chi connectivity index (χ4v) is 2.27. The van der Waals surface area contributed by atoms with Crippen LogP contribution in [0.25, 0.3) is 0 Å². The van der Waals surface area contributed by atoms with E-state index in [0.29, 0.717) is 11.3 Å². The van der Waals surface area contributed by atoms with E-state index in [9.17, 15) is 4.79 Å². The van der Waals surface area contributed by atoms with E-state index in [-0.39, 0.29) is 5.78 Å². The van der Waals surface area contributed by atoms with Crippen LogP contribution in [0.4, 0.5) is 5.69 Å². The summed E-state index contributed by atoms with van der Waals surface area (Å²) in [5, 5.41) is 0. The molecule has 2 heterocycles. The van der Waals surface area contributed by atoms with E-state index in [1.165, 1.54) is 0 Å². The second kappa shape index (κ2) is 5.28. The molecular formula is C15H16N2O2. The third-order valence-corrected chi connectivity index (χ3v) is 3.35. The first-order chi connectivity index (χ1) is 9.34. The number of carbonyl (C=O) groups excluding carboxylic acids is 1. The number of nitrogens with zero attached hydrogens (tertiary/aromatic N) is 1. The highest BCUT2D eigenvalue weighted by molar-refractivity contribution is 6.07. The Morgan fingerprint density at radius 1 is 1.11 bits per heavy atom. The van der Waals surface area contributed by atoms with Crippen molar-refractivity contribution in [3.8, 4) is 0 Å². The van der Waals surface area contributed by atoms with E-state index in [2.05, 4.69) is 9.88 Å². The second-order valence-corrected chi connectivity index (χ2v) is 4.56. The van der Waals surface area contributed by atoms with Crippen LogP contribution in [-0.2, 0) is 4.74 Å². The highest BCUT2D eigenvalue weighted by Gasteiger charge is 2.13. The lowest BCUT2D eigenvalue weighted by molar-refractivity contribution is 0.103. The Kier molecular flexibility index (Phi) is 3.33. The molecule has 0 spiro atoms. The van der Waals surface area contributed by atoms with Gasteiger partial charge < -0.3 is 14.6 Å². The molecule has 4 nitrogen and oxygen atoms in total. The van der Waals surface area contributed by atoms with Crippen LogP contribution in [0.2, 0.25) is 0 Å². The fourth-order valence-electron chi connectivity index (χ4n) is 2.27. The van der Waals surface area contributed by atoms with Crippen molar-refractivity contribution in [1.29, 1.82) is 0 Å². The lowest BCUT2D eigenvalue weighted by Gasteiger charge is -2.28. The maximum absolute atomic E-state index is 12.1. The van der Waals surface area contributed by atoms with Crippen molar-refractivity contribution in [2.75, 3.05) is 31.2 Å². The van der Waals surface area contributed by atoms with E-state index in [4.69, 9.17) is 4.74 Å². The van der Waals surface area contributed by atoms with Crippen LogP contribution in [0.3, 0.4) is 0 Å². The van der Waals surface area contributed by atoms with Gasteiger partial charge in [0.15, 0.2) is 0 Å². The summed E-state index contributed by atoms with van der Waals surface area (Å²) >= 11 is 0. The average Bonchev–Trinajstić information content (AvgIpc) is 3.02. The van der Waals surface area contributed by atoms with Crippen LogP contribution in [0, 0.1) is 0 Å². The number of ether oxygens (including phenoxy) is 1. The van der Waals surface area contributed by atoms with Gasteiger partial charge in [0.2, 0.25) is 5.78 Å². The number of hydrogen-bond donors (Lipinski definition) is 1. The second-order valence-electron chi connectivity index (χ2n) is 4.56. The van der Waals surface area contributed by atoms with Gasteiger partial charge in [-0.2, -0.15) is 0 Å². The van der Waals surface area contributed by atoms with E-state index < -0.39 is 0 Å². The summed E-state index contributed by atoms with van der Waals surface area (Å²) in [6, 6.07) is 11.4. The van der Waals surface area contributed by atoms with E-state index in [1.54, 1.807) is 12.3 Å². The lowest BCUT2D eigenvalue weighted by Crippen LogP contribution is -2.36. The van der Waals surface area contributed by atoms with Crippen LogP contribution in [0.15, 0.2) is 42.6 Å². The zero-order valence-corrected chi connectivity index (χ0v) is 10.6. The first kappa shape index (κ1) is 12.0. The van der Waals surface area contributed by atoms with Gasteiger partial charge in [-0.1, -0.05) is 0 Å². The summed E-state index contributed by atoms with van der Waals surface area (Å²) in [4.78, 5) is 17.3. The molecule has 0 aliphatic carbocycles. The summed E-state index contributed by atoms with van der Waals surface area (Å²) in [5.74, 6) is 0.0264. The molecule has 3 rings (SSSR count). The Bertz CT molecular complexity index is 540. The molecule has 2 aromatic rings. The van der Waals surface area contributed by atoms with Gasteiger partial charge in [-0.15, -0.1) is 0 Å². The molecule has 0 bridgehead atoms. The van der Waals surface area contributed by atoms with Crippen LogP contribution in [0.5, 0.6) is 0 Å². The predicted molar refractivity (Wildman–Crippen MR) is 73.7 cm³/mol. The number of carbonyl (C=O) groups is 1. The predicted octanol–water partition coefficient (Wildman–Crippen LogP) is 2.08. The van der Waals surface area contributed by atoms with Crippen molar-refractivity contribution in [3.05, 3.63) is 53.9 Å². The Morgan fingerprint density at radius 2 is 1.84 bits per heavy atom. The Balaban J connectivity index is 1.77. The van der Waals surface area contributed by atoms with Gasteiger partial charge in [0, 0.05) is 30.5 Å². The molecule has 0 atom stereocenters. The van der Waals surface area contributed by atoms with Crippen molar-refractivity contribution in [2.24, 2.45) is 0 Å². The number of aromatic amines is 1. The third kappa shape index (κ3) is 2.53. The summed E-state index contributed by atoms with van der Waals surface area (Å²) in [6.07, 6.45) is 1.76. The Hall–Kier alpha value is -2.07. The minimum atomic E-state index is 0.0264. The van der Waals surface area contributed by atoms with Crippen molar-refractivity contribution >= 4 is 11.5 Å². The molecule has 0 amide bonds. The zero-order chi connectivity index (χ0) is 13.1. The number of hydrogen-bond acceptors (Lipinski definition) is 3. The number of rotatable bonds is 3. The van der Waals surface area contributed by atoms with Gasteiger partial charge >= 0.3 is 0 Å². The topological polar surface area (TPSA) is 45.3 Å². The maximum atomic E-state index is 12.1. The molecule has 1 aromatic carbocycles. The number of ketones is 1. The first-order valence-electron chi connectivity index (χ1n) is 6.45. The Labute approximate surface area is 112 Å².